The van der Waals surface area contributed by atoms with E-state index in [1.165, 1.54) is 31.5 Å². The average molecular weight is 235 g/mol. The van der Waals surface area contributed by atoms with Gasteiger partial charge in [-0.15, -0.1) is 0 Å². The molecule has 0 spiro atoms. The maximum absolute atomic E-state index is 9.26. The maximum atomic E-state index is 9.26. The standard InChI is InChI=1S/C14H21NO2/c1-17-14-12(5-4-6-13(14)11-16)7-10-15-8-2-3-9-15/h4-6,16H,2-3,7-11H2,1H3. The predicted octanol–water partition coefficient (Wildman–Crippen LogP) is 1.83. The van der Waals surface area contributed by atoms with Crippen molar-refractivity contribution in [2.24, 2.45) is 0 Å². The fourth-order valence-corrected chi connectivity index (χ4v) is 2.51. The Labute approximate surface area is 103 Å². The molecule has 0 unspecified atom stereocenters. The highest BCUT2D eigenvalue weighted by atomic mass is 16.5. The van der Waals surface area contributed by atoms with E-state index in [0.29, 0.717) is 0 Å². The number of benzene rings is 1. The van der Waals surface area contributed by atoms with Gasteiger partial charge >= 0.3 is 0 Å². The van der Waals surface area contributed by atoms with Crippen LogP contribution in [-0.2, 0) is 13.0 Å². The lowest BCUT2D eigenvalue weighted by Gasteiger charge is -2.17. The first kappa shape index (κ1) is 12.4. The summed E-state index contributed by atoms with van der Waals surface area (Å²) < 4.78 is 5.40. The van der Waals surface area contributed by atoms with Crippen LogP contribution in [0.15, 0.2) is 18.2 Å². The molecule has 0 amide bonds. The van der Waals surface area contributed by atoms with Gasteiger partial charge in [-0.3, -0.25) is 0 Å². The summed E-state index contributed by atoms with van der Waals surface area (Å²) >= 11 is 0. The molecule has 1 saturated heterocycles. The molecule has 94 valence electrons. The van der Waals surface area contributed by atoms with Gasteiger partial charge in [0.1, 0.15) is 5.75 Å². The smallest absolute Gasteiger partial charge is 0.127 e. The number of nitrogens with zero attached hydrogens (tertiary/aromatic N) is 1. The number of aliphatic hydroxyl groups is 1. The van der Waals surface area contributed by atoms with Crippen LogP contribution in [0.4, 0.5) is 0 Å². The molecule has 1 aliphatic heterocycles. The van der Waals surface area contributed by atoms with Gasteiger partial charge in [-0.25, -0.2) is 0 Å². The van der Waals surface area contributed by atoms with Crippen LogP contribution in [0.3, 0.4) is 0 Å². The molecule has 1 aromatic rings. The van der Waals surface area contributed by atoms with Gasteiger partial charge in [0.15, 0.2) is 0 Å². The zero-order chi connectivity index (χ0) is 12.1. The van der Waals surface area contributed by atoms with Crippen molar-refractivity contribution in [2.75, 3.05) is 26.7 Å². The van der Waals surface area contributed by atoms with Gasteiger partial charge in [-0.05, 0) is 37.9 Å². The van der Waals surface area contributed by atoms with Crippen molar-refractivity contribution in [1.29, 1.82) is 0 Å². The van der Waals surface area contributed by atoms with Crippen LogP contribution < -0.4 is 4.74 Å². The van der Waals surface area contributed by atoms with E-state index in [4.69, 9.17) is 4.74 Å². The topological polar surface area (TPSA) is 32.7 Å². The second-order valence-electron chi connectivity index (χ2n) is 4.57. The normalized spacial score (nSPS) is 16.4. The minimum absolute atomic E-state index is 0.0424. The van der Waals surface area contributed by atoms with E-state index in [1.54, 1.807) is 7.11 Å². The Morgan fingerprint density at radius 1 is 1.24 bits per heavy atom. The lowest BCUT2D eigenvalue weighted by molar-refractivity contribution is 0.272. The molecule has 2 rings (SSSR count). The lowest BCUT2D eigenvalue weighted by atomic mass is 10.1. The summed E-state index contributed by atoms with van der Waals surface area (Å²) in [7, 11) is 1.67. The fourth-order valence-electron chi connectivity index (χ4n) is 2.51. The Hall–Kier alpha value is -1.06. The van der Waals surface area contributed by atoms with Crippen molar-refractivity contribution in [3.05, 3.63) is 29.3 Å². The van der Waals surface area contributed by atoms with E-state index in [-0.39, 0.29) is 6.61 Å². The zero-order valence-electron chi connectivity index (χ0n) is 10.5. The Morgan fingerprint density at radius 2 is 1.94 bits per heavy atom. The maximum Gasteiger partial charge on any atom is 0.127 e. The van der Waals surface area contributed by atoms with Crippen LogP contribution in [0, 0.1) is 0 Å². The molecule has 1 N–H and O–H groups in total. The highest BCUT2D eigenvalue weighted by molar-refractivity contribution is 5.41. The summed E-state index contributed by atoms with van der Waals surface area (Å²) in [6.07, 6.45) is 3.65. The van der Waals surface area contributed by atoms with Gasteiger partial charge < -0.3 is 14.7 Å². The molecular weight excluding hydrogens is 214 g/mol. The number of para-hydroxylation sites is 1. The third-order valence-corrected chi connectivity index (χ3v) is 3.45. The van der Waals surface area contributed by atoms with Gasteiger partial charge in [0.05, 0.1) is 13.7 Å². The van der Waals surface area contributed by atoms with E-state index < -0.39 is 0 Å². The van der Waals surface area contributed by atoms with Crippen LogP contribution in [0.5, 0.6) is 5.75 Å². The van der Waals surface area contributed by atoms with Crippen molar-refractivity contribution in [3.8, 4) is 5.75 Å². The van der Waals surface area contributed by atoms with E-state index in [1.807, 2.05) is 12.1 Å². The summed E-state index contributed by atoms with van der Waals surface area (Å²) in [5.41, 5.74) is 2.08. The molecule has 0 atom stereocenters. The minimum Gasteiger partial charge on any atom is -0.496 e. The van der Waals surface area contributed by atoms with E-state index >= 15 is 0 Å². The molecule has 1 heterocycles. The SMILES string of the molecule is COc1c(CO)cccc1CCN1CCCC1. The monoisotopic (exact) mass is 235 g/mol. The number of ether oxygens (including phenoxy) is 1. The first-order valence-electron chi connectivity index (χ1n) is 6.33. The van der Waals surface area contributed by atoms with Gasteiger partial charge in [-0.2, -0.15) is 0 Å². The first-order valence-corrected chi connectivity index (χ1v) is 6.33. The highest BCUT2D eigenvalue weighted by Gasteiger charge is 2.13. The summed E-state index contributed by atoms with van der Waals surface area (Å²) in [5.74, 6) is 0.856. The summed E-state index contributed by atoms with van der Waals surface area (Å²) in [6.45, 7) is 3.58. The third-order valence-electron chi connectivity index (χ3n) is 3.45. The molecule has 0 saturated carbocycles. The van der Waals surface area contributed by atoms with E-state index in [2.05, 4.69) is 11.0 Å². The molecule has 0 aliphatic carbocycles. The molecule has 0 bridgehead atoms. The van der Waals surface area contributed by atoms with Crippen molar-refractivity contribution in [2.45, 2.75) is 25.9 Å². The van der Waals surface area contributed by atoms with Crippen molar-refractivity contribution in [1.82, 2.24) is 4.90 Å². The van der Waals surface area contributed by atoms with Gasteiger partial charge in [-0.1, -0.05) is 18.2 Å². The summed E-state index contributed by atoms with van der Waals surface area (Å²) in [4.78, 5) is 2.49. The number of hydrogen-bond donors (Lipinski definition) is 1. The molecule has 3 heteroatoms. The van der Waals surface area contributed by atoms with Gasteiger partial charge in [0, 0.05) is 12.1 Å². The molecule has 3 nitrogen and oxygen atoms in total. The fraction of sp³-hybridized carbons (Fsp3) is 0.571. The number of hydrogen-bond acceptors (Lipinski definition) is 3. The molecule has 1 fully saturated rings. The van der Waals surface area contributed by atoms with Gasteiger partial charge in [0.2, 0.25) is 0 Å². The Morgan fingerprint density at radius 3 is 2.59 bits per heavy atom. The highest BCUT2D eigenvalue weighted by Crippen LogP contribution is 2.24. The van der Waals surface area contributed by atoms with Crippen LogP contribution in [0.1, 0.15) is 24.0 Å². The Balaban J connectivity index is 2.03. The van der Waals surface area contributed by atoms with Gasteiger partial charge in [0.25, 0.3) is 0 Å². The first-order chi connectivity index (χ1) is 8.35. The van der Waals surface area contributed by atoms with Crippen LogP contribution in [0.25, 0.3) is 0 Å². The predicted molar refractivity (Wildman–Crippen MR) is 68.3 cm³/mol. The largest absolute Gasteiger partial charge is 0.496 e. The average Bonchev–Trinajstić information content (AvgIpc) is 2.88. The number of rotatable bonds is 5. The van der Waals surface area contributed by atoms with Crippen molar-refractivity contribution in [3.63, 3.8) is 0 Å². The van der Waals surface area contributed by atoms with Crippen molar-refractivity contribution < 1.29 is 9.84 Å². The minimum atomic E-state index is 0.0424. The molecule has 0 radical (unpaired) electrons. The van der Waals surface area contributed by atoms with Crippen LogP contribution >= 0.6 is 0 Å². The van der Waals surface area contributed by atoms with E-state index in [9.17, 15) is 5.11 Å². The summed E-state index contributed by atoms with van der Waals surface area (Å²) in [6, 6.07) is 6.00. The Kier molecular flexibility index (Phi) is 4.40. The zero-order valence-corrected chi connectivity index (χ0v) is 10.5. The number of aliphatic hydroxyl groups excluding tert-OH is 1. The summed E-state index contributed by atoms with van der Waals surface area (Å²) in [5, 5.41) is 9.26. The van der Waals surface area contributed by atoms with Crippen LogP contribution in [0.2, 0.25) is 0 Å². The molecule has 0 aromatic heterocycles. The Bertz CT molecular complexity index is 359. The second kappa shape index (κ2) is 6.03. The van der Waals surface area contributed by atoms with Crippen LogP contribution in [-0.4, -0.2) is 36.8 Å². The van der Waals surface area contributed by atoms with E-state index in [0.717, 1.165) is 24.3 Å². The molecule has 17 heavy (non-hydrogen) atoms. The molecule has 1 aliphatic rings. The lowest BCUT2D eigenvalue weighted by Crippen LogP contribution is -2.22. The van der Waals surface area contributed by atoms with Crippen molar-refractivity contribution >= 4 is 0 Å². The third kappa shape index (κ3) is 2.99. The quantitative estimate of drug-likeness (QED) is 0.845. The number of methoxy groups -OCH3 is 1. The number of likely N-dealkylation sites (tertiary alicyclic amines) is 1. The second-order valence-corrected chi connectivity index (χ2v) is 4.57. The molecular formula is C14H21NO2. The molecule has 1 aromatic carbocycles.